The van der Waals surface area contributed by atoms with Crippen molar-refractivity contribution in [1.29, 1.82) is 0 Å². The number of hydrogen-bond acceptors (Lipinski definition) is 5. The lowest BCUT2D eigenvalue weighted by atomic mass is 10.4. The van der Waals surface area contributed by atoms with Crippen LogP contribution in [0, 0.1) is 0 Å². The van der Waals surface area contributed by atoms with Crippen molar-refractivity contribution in [3.63, 3.8) is 0 Å². The molecule has 0 aliphatic heterocycles. The Morgan fingerprint density at radius 1 is 1.21 bits per heavy atom. The Kier molecular flexibility index (Phi) is 10.9. The van der Waals surface area contributed by atoms with Gasteiger partial charge in [0.15, 0.2) is 0 Å². The lowest BCUT2D eigenvalue weighted by molar-refractivity contribution is -0.126. The highest BCUT2D eigenvalue weighted by molar-refractivity contribution is 8.93. The van der Waals surface area contributed by atoms with Crippen molar-refractivity contribution in [1.82, 2.24) is 4.90 Å². The van der Waals surface area contributed by atoms with Gasteiger partial charge in [-0.3, -0.25) is 13.8 Å². The summed E-state index contributed by atoms with van der Waals surface area (Å²) in [5.74, 6) is -0.390. The number of amides is 1. The maximum atomic E-state index is 11.9. The molecule has 0 spiro atoms. The van der Waals surface area contributed by atoms with Crippen molar-refractivity contribution in [2.24, 2.45) is 0 Å². The third-order valence-electron chi connectivity index (χ3n) is 2.24. The summed E-state index contributed by atoms with van der Waals surface area (Å²) in [6.07, 6.45) is 0. The van der Waals surface area contributed by atoms with Crippen LogP contribution in [-0.4, -0.2) is 38.1 Å². The minimum Gasteiger partial charge on any atom is -0.407 e. The highest BCUT2D eigenvalue weighted by atomic mass is 79.9. The molecule has 0 aliphatic rings. The van der Waals surface area contributed by atoms with Crippen molar-refractivity contribution < 1.29 is 22.9 Å². The molecular weight excluding hydrogens is 360 g/mol. The molecule has 0 saturated heterocycles. The van der Waals surface area contributed by atoms with Gasteiger partial charge in [-0.05, 0) is 20.8 Å². The summed E-state index contributed by atoms with van der Waals surface area (Å²) in [6, 6.07) is 0. The second kappa shape index (κ2) is 9.77. The molecule has 0 N–H and O–H groups in total. The molecule has 19 heavy (non-hydrogen) atoms. The molecule has 1 amide bonds. The zero-order valence-electron chi connectivity index (χ0n) is 11.6. The number of nitrogens with zero attached hydrogens (tertiary/aromatic N) is 1. The van der Waals surface area contributed by atoms with Crippen LogP contribution in [0.15, 0.2) is 10.8 Å². The fourth-order valence-corrected chi connectivity index (χ4v) is 2.09. The summed E-state index contributed by atoms with van der Waals surface area (Å²) in [5, 5.41) is -0.145. The van der Waals surface area contributed by atoms with Gasteiger partial charge >= 0.3 is 7.82 Å². The molecular formula is C10H20BrClNO5P. The van der Waals surface area contributed by atoms with E-state index < -0.39 is 13.7 Å². The molecule has 0 saturated carbocycles. The molecule has 0 aromatic rings. The highest BCUT2D eigenvalue weighted by Gasteiger charge is 2.27. The van der Waals surface area contributed by atoms with E-state index in [1.807, 2.05) is 13.8 Å². The second-order valence-corrected chi connectivity index (χ2v) is 5.44. The molecule has 9 heteroatoms. The van der Waals surface area contributed by atoms with Crippen LogP contribution in [0.5, 0.6) is 0 Å². The van der Waals surface area contributed by atoms with Crippen LogP contribution < -0.4 is 0 Å². The molecule has 0 aliphatic carbocycles. The van der Waals surface area contributed by atoms with Gasteiger partial charge in [-0.1, -0.05) is 11.6 Å². The number of phosphoric ester groups is 1. The summed E-state index contributed by atoms with van der Waals surface area (Å²) in [7, 11) is -1.33. The first kappa shape index (κ1) is 21.2. The van der Waals surface area contributed by atoms with Crippen molar-refractivity contribution in [3.8, 4) is 0 Å². The average Bonchev–Trinajstić information content (AvgIpc) is 2.38. The number of carbonyl (C=O) groups is 1. The number of allylic oxidation sites excluding steroid dienone is 1. The molecule has 0 bridgehead atoms. The van der Waals surface area contributed by atoms with Gasteiger partial charge in [-0.2, -0.15) is 0 Å². The Bertz CT molecular complexity index is 365. The predicted octanol–water partition coefficient (Wildman–Crippen LogP) is 3.32. The lowest BCUT2D eigenvalue weighted by Gasteiger charge is -2.20. The SMILES string of the molecule is Br.CCN(CC)C(=O)/C(Cl)=C(\C)OP(=O)(OC)OC. The first-order valence-corrected chi connectivity index (χ1v) is 7.25. The standard InChI is InChI=1S/C10H19ClNO5P.BrH/c1-6-12(7-2)10(13)9(11)8(3)17-18(14,15-4)16-5;/h6-7H2,1-5H3;1H/b9-8-;. The van der Waals surface area contributed by atoms with Gasteiger partial charge in [0, 0.05) is 27.3 Å². The Morgan fingerprint density at radius 3 is 1.95 bits per heavy atom. The molecule has 0 heterocycles. The van der Waals surface area contributed by atoms with E-state index in [0.29, 0.717) is 13.1 Å². The summed E-state index contributed by atoms with van der Waals surface area (Å²) in [4.78, 5) is 13.4. The van der Waals surface area contributed by atoms with E-state index in [2.05, 4.69) is 9.05 Å². The number of halogens is 2. The number of rotatable bonds is 7. The largest absolute Gasteiger partial charge is 0.529 e. The molecule has 0 rings (SSSR count). The van der Waals surface area contributed by atoms with Crippen LogP contribution in [0.25, 0.3) is 0 Å². The first-order valence-electron chi connectivity index (χ1n) is 5.41. The highest BCUT2D eigenvalue weighted by Crippen LogP contribution is 2.50. The van der Waals surface area contributed by atoms with Crippen LogP contribution >= 0.6 is 36.4 Å². The van der Waals surface area contributed by atoms with Gasteiger partial charge in [0.2, 0.25) is 0 Å². The number of phosphoric acid groups is 1. The van der Waals surface area contributed by atoms with E-state index in [-0.39, 0.29) is 27.8 Å². The minimum atomic E-state index is -3.69. The maximum absolute atomic E-state index is 11.9. The zero-order valence-corrected chi connectivity index (χ0v) is 15.0. The van der Waals surface area contributed by atoms with E-state index in [1.54, 1.807) is 0 Å². The van der Waals surface area contributed by atoms with Crippen LogP contribution in [0.1, 0.15) is 20.8 Å². The van der Waals surface area contributed by atoms with E-state index in [0.717, 1.165) is 0 Å². The Hall–Kier alpha value is -0.0700. The van der Waals surface area contributed by atoms with Gasteiger partial charge in [-0.15, -0.1) is 17.0 Å². The normalized spacial score (nSPS) is 12.3. The van der Waals surface area contributed by atoms with Crippen LogP contribution in [0.4, 0.5) is 0 Å². The van der Waals surface area contributed by atoms with Crippen molar-refractivity contribution in [2.75, 3.05) is 27.3 Å². The minimum absolute atomic E-state index is 0. The molecule has 6 nitrogen and oxygen atoms in total. The number of likely N-dealkylation sites (N-methyl/N-ethyl adjacent to an activating group) is 1. The molecule has 0 aromatic heterocycles. The predicted molar refractivity (Wildman–Crippen MR) is 79.5 cm³/mol. The molecule has 0 atom stereocenters. The Labute approximate surface area is 129 Å². The van der Waals surface area contributed by atoms with Crippen LogP contribution in [0.3, 0.4) is 0 Å². The monoisotopic (exact) mass is 379 g/mol. The molecule has 0 fully saturated rings. The van der Waals surface area contributed by atoms with E-state index in [1.165, 1.54) is 26.0 Å². The molecule has 114 valence electrons. The molecule has 0 radical (unpaired) electrons. The van der Waals surface area contributed by atoms with Gasteiger partial charge in [0.05, 0.1) is 0 Å². The second-order valence-electron chi connectivity index (χ2n) is 3.25. The zero-order chi connectivity index (χ0) is 14.3. The smallest absolute Gasteiger partial charge is 0.407 e. The quantitative estimate of drug-likeness (QED) is 0.385. The van der Waals surface area contributed by atoms with E-state index >= 15 is 0 Å². The maximum Gasteiger partial charge on any atom is 0.529 e. The summed E-state index contributed by atoms with van der Waals surface area (Å²) < 4.78 is 25.9. The van der Waals surface area contributed by atoms with Gasteiger partial charge < -0.3 is 9.42 Å². The van der Waals surface area contributed by atoms with Crippen molar-refractivity contribution >= 4 is 42.3 Å². The van der Waals surface area contributed by atoms with Crippen LogP contribution in [-0.2, 0) is 22.9 Å². The fraction of sp³-hybridized carbons (Fsp3) is 0.700. The topological polar surface area (TPSA) is 65.1 Å². The Morgan fingerprint density at radius 2 is 1.63 bits per heavy atom. The van der Waals surface area contributed by atoms with Crippen molar-refractivity contribution in [3.05, 3.63) is 10.8 Å². The van der Waals surface area contributed by atoms with E-state index in [4.69, 9.17) is 16.1 Å². The first-order chi connectivity index (χ1) is 8.35. The molecule has 0 unspecified atom stereocenters. The Balaban J connectivity index is 0. The number of carbonyl (C=O) groups excluding carboxylic acids is 1. The third-order valence-corrected chi connectivity index (χ3v) is 4.06. The average molecular weight is 381 g/mol. The van der Waals surface area contributed by atoms with Crippen LogP contribution in [0.2, 0.25) is 0 Å². The third kappa shape index (κ3) is 6.27. The van der Waals surface area contributed by atoms with E-state index in [9.17, 15) is 9.36 Å². The summed E-state index contributed by atoms with van der Waals surface area (Å²) >= 11 is 5.89. The lowest BCUT2D eigenvalue weighted by Crippen LogP contribution is -2.31. The van der Waals surface area contributed by atoms with Crippen molar-refractivity contribution in [2.45, 2.75) is 20.8 Å². The van der Waals surface area contributed by atoms with Gasteiger partial charge in [0.1, 0.15) is 10.8 Å². The summed E-state index contributed by atoms with van der Waals surface area (Å²) in [6.45, 7) is 6.12. The van der Waals surface area contributed by atoms with Gasteiger partial charge in [-0.25, -0.2) is 4.57 Å². The van der Waals surface area contributed by atoms with Gasteiger partial charge in [0.25, 0.3) is 5.91 Å². The summed E-state index contributed by atoms with van der Waals surface area (Å²) in [5.41, 5.74) is 0. The fourth-order valence-electron chi connectivity index (χ4n) is 1.16. The number of hydrogen-bond donors (Lipinski definition) is 0. The molecule has 0 aromatic carbocycles.